The quantitative estimate of drug-likeness (QED) is 0.436. The molecule has 1 heterocycles. The molecule has 0 bridgehead atoms. The Balaban J connectivity index is 1.78. The molecule has 3 nitrogen and oxygen atoms in total. The first-order valence-corrected chi connectivity index (χ1v) is 8.13. The SMILES string of the molecule is CCCCC[C@H]1CC[C@H](C(=O)Oc2cnc(F)c(F)c2)CC1. The van der Waals surface area contributed by atoms with Crippen LogP contribution in [0.5, 0.6) is 5.75 Å². The van der Waals surface area contributed by atoms with Crippen LogP contribution in [0.4, 0.5) is 8.78 Å². The van der Waals surface area contributed by atoms with Crippen molar-refractivity contribution in [1.82, 2.24) is 4.98 Å². The molecule has 0 spiro atoms. The summed E-state index contributed by atoms with van der Waals surface area (Å²) in [5, 5.41) is 0. The minimum absolute atomic E-state index is 0.0334. The molecule has 1 aromatic heterocycles. The minimum atomic E-state index is -1.19. The Morgan fingerprint density at radius 1 is 1.27 bits per heavy atom. The van der Waals surface area contributed by atoms with E-state index in [1.165, 1.54) is 25.7 Å². The van der Waals surface area contributed by atoms with Crippen molar-refractivity contribution in [2.75, 3.05) is 0 Å². The fourth-order valence-corrected chi connectivity index (χ4v) is 3.03. The van der Waals surface area contributed by atoms with Crippen molar-refractivity contribution >= 4 is 5.97 Å². The van der Waals surface area contributed by atoms with Gasteiger partial charge in [-0.25, -0.2) is 9.37 Å². The monoisotopic (exact) mass is 311 g/mol. The van der Waals surface area contributed by atoms with Crippen LogP contribution in [-0.2, 0) is 4.79 Å². The van der Waals surface area contributed by atoms with Gasteiger partial charge in [0.15, 0.2) is 11.6 Å². The van der Waals surface area contributed by atoms with E-state index < -0.39 is 11.8 Å². The predicted octanol–water partition coefficient (Wildman–Crippen LogP) is 4.65. The third kappa shape index (κ3) is 4.75. The number of esters is 1. The number of rotatable bonds is 6. The Kier molecular flexibility index (Phi) is 6.28. The molecule has 0 amide bonds. The Morgan fingerprint density at radius 2 is 2.00 bits per heavy atom. The summed E-state index contributed by atoms with van der Waals surface area (Å²) in [6.07, 6.45) is 9.74. The molecule has 122 valence electrons. The highest BCUT2D eigenvalue weighted by molar-refractivity contribution is 5.75. The maximum absolute atomic E-state index is 13.0. The van der Waals surface area contributed by atoms with Crippen LogP contribution in [0.15, 0.2) is 12.3 Å². The number of ether oxygens (including phenoxy) is 1. The molecule has 1 fully saturated rings. The van der Waals surface area contributed by atoms with Crippen LogP contribution < -0.4 is 4.74 Å². The number of nitrogens with zero attached hydrogens (tertiary/aromatic N) is 1. The van der Waals surface area contributed by atoms with Crippen molar-refractivity contribution < 1.29 is 18.3 Å². The standard InChI is InChI=1S/C17H23F2NO2/c1-2-3-4-5-12-6-8-13(9-7-12)17(21)22-14-10-15(18)16(19)20-11-14/h10-13H,2-9H2,1H3/t12-,13-. The molecule has 0 unspecified atom stereocenters. The van der Waals surface area contributed by atoms with Crippen molar-refractivity contribution in [3.8, 4) is 5.75 Å². The molecule has 22 heavy (non-hydrogen) atoms. The second-order valence-electron chi connectivity index (χ2n) is 6.08. The molecule has 0 atom stereocenters. The third-order valence-corrected chi connectivity index (χ3v) is 4.39. The molecule has 1 saturated carbocycles. The van der Waals surface area contributed by atoms with Crippen molar-refractivity contribution in [2.24, 2.45) is 11.8 Å². The Morgan fingerprint density at radius 3 is 2.64 bits per heavy atom. The summed E-state index contributed by atoms with van der Waals surface area (Å²) in [6, 6.07) is 0.858. The van der Waals surface area contributed by atoms with Gasteiger partial charge in [0.25, 0.3) is 0 Å². The zero-order valence-corrected chi connectivity index (χ0v) is 13.0. The molecule has 0 aromatic carbocycles. The molecular weight excluding hydrogens is 288 g/mol. The third-order valence-electron chi connectivity index (χ3n) is 4.39. The van der Waals surface area contributed by atoms with E-state index in [0.29, 0.717) is 5.92 Å². The van der Waals surface area contributed by atoms with Gasteiger partial charge in [0, 0.05) is 6.07 Å². The summed E-state index contributed by atoms with van der Waals surface area (Å²) in [5.74, 6) is -2.12. The van der Waals surface area contributed by atoms with Crippen molar-refractivity contribution in [2.45, 2.75) is 58.3 Å². The van der Waals surface area contributed by atoms with E-state index in [2.05, 4.69) is 11.9 Å². The summed E-state index contributed by atoms with van der Waals surface area (Å²) >= 11 is 0. The Labute approximate surface area is 130 Å². The predicted molar refractivity (Wildman–Crippen MR) is 79.4 cm³/mol. The number of hydrogen-bond acceptors (Lipinski definition) is 3. The van der Waals surface area contributed by atoms with Gasteiger partial charge in [0.05, 0.1) is 12.1 Å². The fourth-order valence-electron chi connectivity index (χ4n) is 3.03. The molecule has 0 N–H and O–H groups in total. The number of halogens is 2. The normalized spacial score (nSPS) is 21.6. The van der Waals surface area contributed by atoms with Gasteiger partial charge in [-0.05, 0) is 31.6 Å². The van der Waals surface area contributed by atoms with Gasteiger partial charge >= 0.3 is 5.97 Å². The first kappa shape index (κ1) is 16.8. The number of carbonyl (C=O) groups excluding carboxylic acids is 1. The lowest BCUT2D eigenvalue weighted by molar-refractivity contribution is -0.140. The van der Waals surface area contributed by atoms with Gasteiger partial charge in [0.2, 0.25) is 5.95 Å². The minimum Gasteiger partial charge on any atom is -0.425 e. The average molecular weight is 311 g/mol. The average Bonchev–Trinajstić information content (AvgIpc) is 2.52. The highest BCUT2D eigenvalue weighted by atomic mass is 19.2. The highest BCUT2D eigenvalue weighted by Gasteiger charge is 2.27. The van der Waals surface area contributed by atoms with Crippen LogP contribution in [0, 0.1) is 23.6 Å². The van der Waals surface area contributed by atoms with Crippen LogP contribution in [0.2, 0.25) is 0 Å². The molecular formula is C17H23F2NO2. The number of hydrogen-bond donors (Lipinski definition) is 0. The van der Waals surface area contributed by atoms with Gasteiger partial charge in [0.1, 0.15) is 0 Å². The number of aromatic nitrogens is 1. The summed E-state index contributed by atoms with van der Waals surface area (Å²) in [5.41, 5.74) is 0. The summed E-state index contributed by atoms with van der Waals surface area (Å²) < 4.78 is 30.9. The van der Waals surface area contributed by atoms with Crippen LogP contribution in [-0.4, -0.2) is 11.0 Å². The molecule has 1 aromatic rings. The Bertz CT molecular complexity index is 499. The van der Waals surface area contributed by atoms with E-state index in [4.69, 9.17) is 4.74 Å². The van der Waals surface area contributed by atoms with Crippen molar-refractivity contribution in [3.05, 3.63) is 24.0 Å². The molecule has 1 aliphatic carbocycles. The lowest BCUT2D eigenvalue weighted by Crippen LogP contribution is -2.25. The molecule has 5 heteroatoms. The van der Waals surface area contributed by atoms with Crippen LogP contribution in [0.25, 0.3) is 0 Å². The Hall–Kier alpha value is -1.52. The number of unbranched alkanes of at least 4 members (excludes halogenated alkanes) is 2. The molecule has 0 saturated heterocycles. The summed E-state index contributed by atoms with van der Waals surface area (Å²) in [4.78, 5) is 15.3. The second kappa shape index (κ2) is 8.20. The van der Waals surface area contributed by atoms with Gasteiger partial charge < -0.3 is 4.74 Å². The van der Waals surface area contributed by atoms with E-state index in [0.717, 1.165) is 37.9 Å². The molecule has 2 rings (SSSR count). The lowest BCUT2D eigenvalue weighted by atomic mass is 9.80. The molecule has 1 aliphatic rings. The number of pyridine rings is 1. The molecule has 0 radical (unpaired) electrons. The number of carbonyl (C=O) groups is 1. The van der Waals surface area contributed by atoms with Crippen LogP contribution >= 0.6 is 0 Å². The summed E-state index contributed by atoms with van der Waals surface area (Å²) in [6.45, 7) is 2.19. The topological polar surface area (TPSA) is 39.2 Å². The largest absolute Gasteiger partial charge is 0.425 e. The summed E-state index contributed by atoms with van der Waals surface area (Å²) in [7, 11) is 0. The van der Waals surface area contributed by atoms with Gasteiger partial charge in [-0.1, -0.05) is 32.6 Å². The van der Waals surface area contributed by atoms with E-state index in [1.54, 1.807) is 0 Å². The zero-order valence-electron chi connectivity index (χ0n) is 13.0. The maximum atomic E-state index is 13.0. The van der Waals surface area contributed by atoms with Crippen molar-refractivity contribution in [3.63, 3.8) is 0 Å². The van der Waals surface area contributed by atoms with Gasteiger partial charge in [-0.2, -0.15) is 4.39 Å². The highest BCUT2D eigenvalue weighted by Crippen LogP contribution is 2.33. The van der Waals surface area contributed by atoms with Gasteiger partial charge in [-0.3, -0.25) is 4.79 Å². The first-order valence-electron chi connectivity index (χ1n) is 8.13. The maximum Gasteiger partial charge on any atom is 0.314 e. The van der Waals surface area contributed by atoms with E-state index in [1.807, 2.05) is 0 Å². The fraction of sp³-hybridized carbons (Fsp3) is 0.647. The first-order chi connectivity index (χ1) is 10.6. The second-order valence-corrected chi connectivity index (χ2v) is 6.08. The van der Waals surface area contributed by atoms with E-state index >= 15 is 0 Å². The van der Waals surface area contributed by atoms with E-state index in [9.17, 15) is 13.6 Å². The molecule has 0 aliphatic heterocycles. The van der Waals surface area contributed by atoms with Crippen LogP contribution in [0.1, 0.15) is 58.3 Å². The lowest BCUT2D eigenvalue weighted by Gasteiger charge is -2.27. The van der Waals surface area contributed by atoms with Crippen LogP contribution in [0.3, 0.4) is 0 Å². The van der Waals surface area contributed by atoms with Crippen molar-refractivity contribution in [1.29, 1.82) is 0 Å². The smallest absolute Gasteiger partial charge is 0.314 e. The van der Waals surface area contributed by atoms with E-state index in [-0.39, 0.29) is 17.6 Å². The van der Waals surface area contributed by atoms with Gasteiger partial charge in [-0.15, -0.1) is 0 Å². The zero-order chi connectivity index (χ0) is 15.9.